The molecule has 0 amide bonds. The summed E-state index contributed by atoms with van der Waals surface area (Å²) in [5.41, 5.74) is 0.189. The molecular formula is C8H17OY2-. The fourth-order valence-electron chi connectivity index (χ4n) is 0.879. The zero-order valence-electron chi connectivity index (χ0n) is 7.96. The van der Waals surface area contributed by atoms with Gasteiger partial charge in [0.1, 0.15) is 0 Å². The molecule has 0 bridgehead atoms. The number of rotatable bonds is 3. The summed E-state index contributed by atoms with van der Waals surface area (Å²) in [4.78, 5) is 0. The molecular weight excluding hydrogens is 290 g/mol. The zero-order valence-corrected chi connectivity index (χ0v) is 13.6. The predicted octanol–water partition coefficient (Wildman–Crippen LogP) is 2.00. The zero-order chi connectivity index (χ0) is 7.49. The van der Waals surface area contributed by atoms with Crippen LogP contribution in [0.3, 0.4) is 0 Å². The van der Waals surface area contributed by atoms with E-state index in [1.165, 1.54) is 0 Å². The minimum Gasteiger partial charge on any atom is -0.393 e. The van der Waals surface area contributed by atoms with E-state index in [1.54, 1.807) is 0 Å². The van der Waals surface area contributed by atoms with Gasteiger partial charge in [0.25, 0.3) is 0 Å². The first-order valence-electron chi connectivity index (χ1n) is 3.46. The summed E-state index contributed by atoms with van der Waals surface area (Å²) in [6.07, 6.45) is 2.79. The van der Waals surface area contributed by atoms with Gasteiger partial charge in [-0.2, -0.15) is 12.3 Å². The topological polar surface area (TPSA) is 20.2 Å². The fourth-order valence-corrected chi connectivity index (χ4v) is 0.879. The minimum absolute atomic E-state index is 0. The van der Waals surface area contributed by atoms with Gasteiger partial charge in [-0.1, -0.05) is 13.8 Å². The molecule has 62 valence electrons. The molecule has 0 aliphatic rings. The quantitative estimate of drug-likeness (QED) is 0.791. The van der Waals surface area contributed by atoms with Gasteiger partial charge in [0.05, 0.1) is 0 Å². The van der Waals surface area contributed by atoms with E-state index in [2.05, 4.69) is 20.3 Å². The Morgan fingerprint density at radius 3 is 1.82 bits per heavy atom. The first kappa shape index (κ1) is 18.9. The van der Waals surface area contributed by atoms with Crippen LogP contribution in [0.1, 0.15) is 34.1 Å². The Labute approximate surface area is 121 Å². The molecule has 1 atom stereocenters. The van der Waals surface area contributed by atoms with E-state index in [1.807, 2.05) is 13.8 Å². The van der Waals surface area contributed by atoms with Crippen LogP contribution in [-0.4, -0.2) is 11.2 Å². The molecule has 0 rings (SSSR count). The van der Waals surface area contributed by atoms with Gasteiger partial charge >= 0.3 is 0 Å². The molecule has 0 spiro atoms. The molecule has 0 heterocycles. The van der Waals surface area contributed by atoms with Crippen LogP contribution in [0.5, 0.6) is 0 Å². The molecule has 0 saturated carbocycles. The summed E-state index contributed by atoms with van der Waals surface area (Å²) in [6, 6.07) is 0. The standard InChI is InChI=1S/C8H17O.2Y/c1-5-8(3,4)6-7(2)9;;/h5,7,9H,6H2,1-4H3;;/q-1;;. The number of aliphatic hydroxyl groups is 1. The maximum absolute atomic E-state index is 9.00. The number of hydrogen-bond acceptors (Lipinski definition) is 1. The van der Waals surface area contributed by atoms with Crippen LogP contribution in [0.15, 0.2) is 0 Å². The van der Waals surface area contributed by atoms with Crippen LogP contribution in [0, 0.1) is 11.8 Å². The van der Waals surface area contributed by atoms with Gasteiger partial charge in [-0.25, -0.2) is 0 Å². The monoisotopic (exact) mass is 307 g/mol. The van der Waals surface area contributed by atoms with Gasteiger partial charge in [0.2, 0.25) is 0 Å². The maximum Gasteiger partial charge on any atom is 0.0492 e. The third-order valence-electron chi connectivity index (χ3n) is 1.60. The van der Waals surface area contributed by atoms with Crippen molar-refractivity contribution in [2.45, 2.75) is 40.2 Å². The molecule has 11 heavy (non-hydrogen) atoms. The van der Waals surface area contributed by atoms with Crippen LogP contribution >= 0.6 is 0 Å². The molecule has 0 aromatic rings. The third kappa shape index (κ3) is 12.2. The first-order valence-corrected chi connectivity index (χ1v) is 3.46. The molecule has 3 heteroatoms. The summed E-state index contributed by atoms with van der Waals surface area (Å²) in [6.45, 7) is 8.10. The smallest absolute Gasteiger partial charge is 0.0492 e. The van der Waals surface area contributed by atoms with Crippen LogP contribution in [0.25, 0.3) is 0 Å². The molecule has 2 radical (unpaired) electrons. The van der Waals surface area contributed by atoms with Crippen molar-refractivity contribution in [3.05, 3.63) is 6.42 Å². The van der Waals surface area contributed by atoms with Crippen molar-refractivity contribution < 1.29 is 70.5 Å². The van der Waals surface area contributed by atoms with E-state index in [0.29, 0.717) is 0 Å². The average Bonchev–Trinajstić information content (AvgIpc) is 1.63. The Kier molecular flexibility index (Phi) is 15.0. The summed E-state index contributed by atoms with van der Waals surface area (Å²) in [7, 11) is 0. The molecule has 0 aromatic carbocycles. The Bertz CT molecular complexity index is 82.2. The second-order valence-electron chi connectivity index (χ2n) is 3.33. The van der Waals surface area contributed by atoms with Crippen LogP contribution < -0.4 is 0 Å². The predicted molar refractivity (Wildman–Crippen MR) is 40.1 cm³/mol. The molecule has 0 aliphatic heterocycles. The minimum atomic E-state index is -0.184. The van der Waals surface area contributed by atoms with Crippen LogP contribution in [-0.2, 0) is 65.4 Å². The van der Waals surface area contributed by atoms with Crippen molar-refractivity contribution in [3.8, 4) is 0 Å². The van der Waals surface area contributed by atoms with Crippen molar-refractivity contribution in [2.75, 3.05) is 0 Å². The Morgan fingerprint density at radius 1 is 1.36 bits per heavy atom. The summed E-state index contributed by atoms with van der Waals surface area (Å²) in [5, 5.41) is 9.00. The largest absolute Gasteiger partial charge is 0.393 e. The van der Waals surface area contributed by atoms with E-state index in [9.17, 15) is 0 Å². The van der Waals surface area contributed by atoms with Crippen LogP contribution in [0.4, 0.5) is 0 Å². The van der Waals surface area contributed by atoms with Gasteiger partial charge in [0.15, 0.2) is 0 Å². The van der Waals surface area contributed by atoms with Crippen molar-refractivity contribution in [2.24, 2.45) is 5.41 Å². The van der Waals surface area contributed by atoms with Gasteiger partial charge in [-0.05, 0) is 13.3 Å². The van der Waals surface area contributed by atoms with Gasteiger partial charge in [0, 0.05) is 71.5 Å². The van der Waals surface area contributed by atoms with E-state index >= 15 is 0 Å². The third-order valence-corrected chi connectivity index (χ3v) is 1.60. The number of hydrogen-bond donors (Lipinski definition) is 1. The van der Waals surface area contributed by atoms with Gasteiger partial charge in [-0.3, -0.25) is 0 Å². The molecule has 0 saturated heterocycles. The van der Waals surface area contributed by atoms with Crippen molar-refractivity contribution in [3.63, 3.8) is 0 Å². The van der Waals surface area contributed by atoms with E-state index in [-0.39, 0.29) is 76.9 Å². The van der Waals surface area contributed by atoms with Crippen molar-refractivity contribution in [1.82, 2.24) is 0 Å². The van der Waals surface area contributed by atoms with Crippen molar-refractivity contribution in [1.29, 1.82) is 0 Å². The van der Waals surface area contributed by atoms with Gasteiger partial charge in [-0.15, -0.1) is 0 Å². The molecule has 1 nitrogen and oxygen atoms in total. The molecule has 1 N–H and O–H groups in total. The second kappa shape index (κ2) is 8.75. The molecule has 0 aromatic heterocycles. The second-order valence-corrected chi connectivity index (χ2v) is 3.33. The van der Waals surface area contributed by atoms with Gasteiger partial charge < -0.3 is 11.5 Å². The maximum atomic E-state index is 9.00. The normalized spacial score (nSPS) is 12.8. The molecule has 1 unspecified atom stereocenters. The summed E-state index contributed by atoms with van der Waals surface area (Å²) in [5.74, 6) is 0. The molecule has 0 aliphatic carbocycles. The summed E-state index contributed by atoms with van der Waals surface area (Å²) >= 11 is 0. The average molecular weight is 307 g/mol. The van der Waals surface area contributed by atoms with E-state index in [4.69, 9.17) is 5.11 Å². The number of aliphatic hydroxyl groups excluding tert-OH is 1. The van der Waals surface area contributed by atoms with E-state index < -0.39 is 0 Å². The fraction of sp³-hybridized carbons (Fsp3) is 0.875. The first-order chi connectivity index (χ1) is 3.98. The summed E-state index contributed by atoms with van der Waals surface area (Å²) < 4.78 is 0. The Balaban J connectivity index is -0.000000320. The van der Waals surface area contributed by atoms with Crippen LogP contribution in [0.2, 0.25) is 0 Å². The molecule has 0 fully saturated rings. The van der Waals surface area contributed by atoms with Crippen molar-refractivity contribution >= 4 is 0 Å². The Morgan fingerprint density at radius 2 is 1.73 bits per heavy atom. The Hall–Kier alpha value is 2.17. The van der Waals surface area contributed by atoms with E-state index in [0.717, 1.165) is 6.42 Å². The SMILES string of the molecule is C[CH-]C(C)(C)CC(C)O.[Y].[Y].